The summed E-state index contributed by atoms with van der Waals surface area (Å²) in [5, 5.41) is 0. The molecule has 0 amide bonds. The van der Waals surface area contributed by atoms with Gasteiger partial charge in [0, 0.05) is 12.4 Å². The highest BCUT2D eigenvalue weighted by Gasteiger charge is 1.90. The molecule has 0 atom stereocenters. The summed E-state index contributed by atoms with van der Waals surface area (Å²) < 4.78 is 0. The van der Waals surface area contributed by atoms with E-state index in [2.05, 4.69) is 9.97 Å². The van der Waals surface area contributed by atoms with Crippen molar-refractivity contribution in [3.05, 3.63) is 24.3 Å². The van der Waals surface area contributed by atoms with Gasteiger partial charge in [-0.25, -0.2) is 9.97 Å². The van der Waals surface area contributed by atoms with Crippen molar-refractivity contribution in [3.8, 4) is 0 Å². The Morgan fingerprint density at radius 1 is 1.18 bits per heavy atom. The molecule has 3 nitrogen and oxygen atoms in total. The second kappa shape index (κ2) is 4.79. The molecule has 0 saturated heterocycles. The summed E-state index contributed by atoms with van der Waals surface area (Å²) in [6.07, 6.45) is 8.50. The molecule has 0 aliphatic carbocycles. The fourth-order valence-corrected chi connectivity index (χ4v) is 0.933. The Labute approximate surface area is 66.7 Å². The van der Waals surface area contributed by atoms with Crippen molar-refractivity contribution in [3.63, 3.8) is 0 Å². The van der Waals surface area contributed by atoms with Crippen LogP contribution in [0.2, 0.25) is 0 Å². The minimum absolute atomic E-state index is 0.772. The molecule has 1 heterocycles. The predicted molar refractivity (Wildman–Crippen MR) is 44.0 cm³/mol. The Bertz CT molecular complexity index is 186. The SMILES string of the molecule is NCCCCc1cncnc1. The zero-order valence-electron chi connectivity index (χ0n) is 6.53. The van der Waals surface area contributed by atoms with Crippen molar-refractivity contribution in [2.75, 3.05) is 6.54 Å². The van der Waals surface area contributed by atoms with E-state index in [4.69, 9.17) is 5.73 Å². The van der Waals surface area contributed by atoms with Gasteiger partial charge in [0.15, 0.2) is 0 Å². The third kappa shape index (κ3) is 3.09. The normalized spacial score (nSPS) is 9.91. The van der Waals surface area contributed by atoms with Crippen LogP contribution in [-0.2, 0) is 6.42 Å². The van der Waals surface area contributed by atoms with Gasteiger partial charge in [0.2, 0.25) is 0 Å². The van der Waals surface area contributed by atoms with Crippen LogP contribution in [0.25, 0.3) is 0 Å². The Balaban J connectivity index is 2.28. The zero-order chi connectivity index (χ0) is 7.94. The Morgan fingerprint density at radius 3 is 2.55 bits per heavy atom. The van der Waals surface area contributed by atoms with Crippen molar-refractivity contribution in [1.29, 1.82) is 0 Å². The number of nitrogens with zero attached hydrogens (tertiary/aromatic N) is 2. The van der Waals surface area contributed by atoms with E-state index in [1.807, 2.05) is 12.4 Å². The molecule has 0 radical (unpaired) electrons. The highest BCUT2D eigenvalue weighted by molar-refractivity contribution is 5.01. The molecule has 0 fully saturated rings. The van der Waals surface area contributed by atoms with Crippen molar-refractivity contribution >= 4 is 0 Å². The fraction of sp³-hybridized carbons (Fsp3) is 0.500. The molecule has 60 valence electrons. The van der Waals surface area contributed by atoms with Crippen LogP contribution >= 0.6 is 0 Å². The Kier molecular flexibility index (Phi) is 3.55. The molecule has 2 N–H and O–H groups in total. The van der Waals surface area contributed by atoms with Crippen LogP contribution in [0.3, 0.4) is 0 Å². The molecular formula is C8H13N3. The van der Waals surface area contributed by atoms with Crippen LogP contribution in [0.15, 0.2) is 18.7 Å². The molecule has 0 saturated carbocycles. The second-order valence-corrected chi connectivity index (χ2v) is 2.49. The van der Waals surface area contributed by atoms with Gasteiger partial charge in [0.1, 0.15) is 6.33 Å². The smallest absolute Gasteiger partial charge is 0.115 e. The first-order valence-corrected chi connectivity index (χ1v) is 3.87. The Hall–Kier alpha value is -0.960. The van der Waals surface area contributed by atoms with Gasteiger partial charge in [0.05, 0.1) is 0 Å². The summed E-state index contributed by atoms with van der Waals surface area (Å²) in [5.74, 6) is 0. The van der Waals surface area contributed by atoms with Gasteiger partial charge in [-0.3, -0.25) is 0 Å². The van der Waals surface area contributed by atoms with Crippen LogP contribution in [0.1, 0.15) is 18.4 Å². The van der Waals surface area contributed by atoms with Crippen molar-refractivity contribution < 1.29 is 0 Å². The minimum Gasteiger partial charge on any atom is -0.330 e. The molecule has 0 aromatic carbocycles. The standard InChI is InChI=1S/C8H13N3/c9-4-2-1-3-8-5-10-7-11-6-8/h5-7H,1-4,9H2. The van der Waals surface area contributed by atoms with Gasteiger partial charge in [-0.05, 0) is 31.4 Å². The number of aryl methyl sites for hydroxylation is 1. The maximum absolute atomic E-state index is 5.36. The van der Waals surface area contributed by atoms with E-state index in [1.165, 1.54) is 5.56 Å². The highest BCUT2D eigenvalue weighted by Crippen LogP contribution is 1.99. The number of aromatic nitrogens is 2. The maximum atomic E-state index is 5.36. The number of hydrogen-bond acceptors (Lipinski definition) is 3. The first-order chi connectivity index (χ1) is 5.43. The third-order valence-electron chi connectivity index (χ3n) is 1.53. The molecular weight excluding hydrogens is 138 g/mol. The molecule has 0 unspecified atom stereocenters. The fourth-order valence-electron chi connectivity index (χ4n) is 0.933. The lowest BCUT2D eigenvalue weighted by Crippen LogP contribution is -1.99. The van der Waals surface area contributed by atoms with Gasteiger partial charge in [-0.1, -0.05) is 0 Å². The van der Waals surface area contributed by atoms with Crippen molar-refractivity contribution in [2.24, 2.45) is 5.73 Å². The number of nitrogens with two attached hydrogens (primary N) is 1. The lowest BCUT2D eigenvalue weighted by atomic mass is 10.1. The van der Waals surface area contributed by atoms with E-state index >= 15 is 0 Å². The lowest BCUT2D eigenvalue weighted by Gasteiger charge is -1.97. The van der Waals surface area contributed by atoms with Gasteiger partial charge >= 0.3 is 0 Å². The molecule has 1 aromatic rings. The monoisotopic (exact) mass is 151 g/mol. The van der Waals surface area contributed by atoms with E-state index in [9.17, 15) is 0 Å². The summed E-state index contributed by atoms with van der Waals surface area (Å²) in [7, 11) is 0. The highest BCUT2D eigenvalue weighted by atomic mass is 14.8. The molecule has 0 bridgehead atoms. The van der Waals surface area contributed by atoms with E-state index in [0.29, 0.717) is 0 Å². The van der Waals surface area contributed by atoms with Crippen LogP contribution < -0.4 is 5.73 Å². The molecule has 0 aliphatic heterocycles. The number of rotatable bonds is 4. The molecule has 11 heavy (non-hydrogen) atoms. The zero-order valence-corrected chi connectivity index (χ0v) is 6.53. The molecule has 1 rings (SSSR count). The first-order valence-electron chi connectivity index (χ1n) is 3.87. The van der Waals surface area contributed by atoms with Gasteiger partial charge in [-0.15, -0.1) is 0 Å². The van der Waals surface area contributed by atoms with E-state index in [1.54, 1.807) is 6.33 Å². The van der Waals surface area contributed by atoms with Gasteiger partial charge in [-0.2, -0.15) is 0 Å². The average Bonchev–Trinajstić information content (AvgIpc) is 2.07. The predicted octanol–water partition coefficient (Wildman–Crippen LogP) is 0.758. The molecule has 0 aliphatic rings. The van der Waals surface area contributed by atoms with E-state index < -0.39 is 0 Å². The largest absolute Gasteiger partial charge is 0.330 e. The number of unbranched alkanes of at least 4 members (excludes halogenated alkanes) is 1. The summed E-state index contributed by atoms with van der Waals surface area (Å²) in [6, 6.07) is 0. The van der Waals surface area contributed by atoms with E-state index in [0.717, 1.165) is 25.8 Å². The van der Waals surface area contributed by atoms with Crippen molar-refractivity contribution in [1.82, 2.24) is 9.97 Å². The molecule has 1 aromatic heterocycles. The second-order valence-electron chi connectivity index (χ2n) is 2.49. The van der Waals surface area contributed by atoms with Crippen LogP contribution in [0.5, 0.6) is 0 Å². The van der Waals surface area contributed by atoms with Crippen LogP contribution in [-0.4, -0.2) is 16.5 Å². The first kappa shape index (κ1) is 8.14. The summed E-state index contributed by atoms with van der Waals surface area (Å²) >= 11 is 0. The summed E-state index contributed by atoms with van der Waals surface area (Å²) in [4.78, 5) is 7.84. The third-order valence-corrected chi connectivity index (χ3v) is 1.53. The van der Waals surface area contributed by atoms with Crippen LogP contribution in [0, 0.1) is 0 Å². The topological polar surface area (TPSA) is 51.8 Å². The number of hydrogen-bond donors (Lipinski definition) is 1. The van der Waals surface area contributed by atoms with Crippen molar-refractivity contribution in [2.45, 2.75) is 19.3 Å². The Morgan fingerprint density at radius 2 is 1.91 bits per heavy atom. The van der Waals surface area contributed by atoms with Gasteiger partial charge < -0.3 is 5.73 Å². The summed E-state index contributed by atoms with van der Waals surface area (Å²) in [5.41, 5.74) is 6.56. The average molecular weight is 151 g/mol. The summed E-state index contributed by atoms with van der Waals surface area (Å²) in [6.45, 7) is 0.772. The van der Waals surface area contributed by atoms with E-state index in [-0.39, 0.29) is 0 Å². The molecule has 0 spiro atoms. The minimum atomic E-state index is 0.772. The van der Waals surface area contributed by atoms with Crippen LogP contribution in [0.4, 0.5) is 0 Å². The lowest BCUT2D eigenvalue weighted by molar-refractivity contribution is 0.740. The van der Waals surface area contributed by atoms with Gasteiger partial charge in [0.25, 0.3) is 0 Å². The quantitative estimate of drug-likeness (QED) is 0.646. The molecule has 3 heteroatoms. The maximum Gasteiger partial charge on any atom is 0.115 e.